The third-order valence-corrected chi connectivity index (χ3v) is 6.13. The summed E-state index contributed by atoms with van der Waals surface area (Å²) in [6, 6.07) is 11.3. The minimum absolute atomic E-state index is 0.167. The van der Waals surface area contributed by atoms with Crippen molar-refractivity contribution in [2.45, 2.75) is 46.0 Å². The molecule has 0 radical (unpaired) electrons. The van der Waals surface area contributed by atoms with Gasteiger partial charge in [0.15, 0.2) is 5.65 Å². The minimum atomic E-state index is -0.307. The Morgan fingerprint density at radius 3 is 2.53 bits per heavy atom. The fourth-order valence-electron chi connectivity index (χ4n) is 4.18. The van der Waals surface area contributed by atoms with Gasteiger partial charge in [0.2, 0.25) is 0 Å². The third kappa shape index (κ3) is 4.76. The summed E-state index contributed by atoms with van der Waals surface area (Å²) in [5.41, 5.74) is 3.24. The van der Waals surface area contributed by atoms with Crippen molar-refractivity contribution in [2.24, 2.45) is 5.92 Å². The van der Waals surface area contributed by atoms with Gasteiger partial charge in [-0.15, -0.1) is 0 Å². The van der Waals surface area contributed by atoms with Crippen molar-refractivity contribution in [2.75, 3.05) is 26.8 Å². The molecule has 1 atom stereocenters. The molecule has 0 N–H and O–H groups in total. The van der Waals surface area contributed by atoms with E-state index in [1.165, 1.54) is 0 Å². The second kappa shape index (κ2) is 9.44. The zero-order chi connectivity index (χ0) is 24.5. The minimum Gasteiger partial charge on any atom is -0.497 e. The average molecular weight is 465 g/mol. The van der Waals surface area contributed by atoms with Gasteiger partial charge in [0, 0.05) is 30.1 Å². The van der Waals surface area contributed by atoms with Gasteiger partial charge in [0.05, 0.1) is 31.0 Å². The number of ether oxygens (including phenoxy) is 2. The summed E-state index contributed by atoms with van der Waals surface area (Å²) < 4.78 is 12.1. The summed E-state index contributed by atoms with van der Waals surface area (Å²) in [5.74, 6) is 0.0326. The maximum absolute atomic E-state index is 13.7. The van der Waals surface area contributed by atoms with Crippen LogP contribution in [0.15, 0.2) is 36.4 Å². The van der Waals surface area contributed by atoms with Gasteiger partial charge in [-0.2, -0.15) is 5.10 Å². The fraction of sp³-hybridized carbons (Fsp3) is 0.462. The maximum Gasteiger partial charge on any atom is 0.310 e. The van der Waals surface area contributed by atoms with E-state index in [4.69, 9.17) is 19.6 Å². The second-order valence-corrected chi connectivity index (χ2v) is 9.65. The Kier molecular flexibility index (Phi) is 6.59. The lowest BCUT2D eigenvalue weighted by atomic mass is 9.93. The third-order valence-electron chi connectivity index (χ3n) is 6.13. The number of hydrogen-bond donors (Lipinski definition) is 0. The van der Waals surface area contributed by atoms with Crippen molar-refractivity contribution in [1.82, 2.24) is 19.5 Å². The van der Waals surface area contributed by atoms with Crippen LogP contribution >= 0.6 is 0 Å². The van der Waals surface area contributed by atoms with Gasteiger partial charge in [-0.05, 0) is 50.1 Å². The smallest absolute Gasteiger partial charge is 0.310 e. The number of amides is 1. The van der Waals surface area contributed by atoms with E-state index in [2.05, 4.69) is 20.8 Å². The van der Waals surface area contributed by atoms with Gasteiger partial charge in [0.25, 0.3) is 5.91 Å². The summed E-state index contributed by atoms with van der Waals surface area (Å²) in [4.78, 5) is 32.6. The van der Waals surface area contributed by atoms with E-state index in [1.807, 2.05) is 30.3 Å². The molecule has 8 heteroatoms. The van der Waals surface area contributed by atoms with Gasteiger partial charge < -0.3 is 14.4 Å². The summed E-state index contributed by atoms with van der Waals surface area (Å²) in [5, 5.41) is 4.74. The molecule has 3 heterocycles. The van der Waals surface area contributed by atoms with Crippen LogP contribution in [0.2, 0.25) is 0 Å². The highest BCUT2D eigenvalue weighted by atomic mass is 16.5. The van der Waals surface area contributed by atoms with Crippen LogP contribution in [-0.2, 0) is 14.9 Å². The molecule has 34 heavy (non-hydrogen) atoms. The Labute approximate surface area is 199 Å². The number of rotatable bonds is 5. The molecule has 3 aromatic rings. The van der Waals surface area contributed by atoms with Crippen LogP contribution in [0, 0.1) is 5.92 Å². The van der Waals surface area contributed by atoms with Crippen molar-refractivity contribution in [3.8, 4) is 17.0 Å². The lowest BCUT2D eigenvalue weighted by Crippen LogP contribution is -2.43. The standard InChI is InChI=1S/C26H32N4O4/c1-6-34-25(32)18-8-7-13-29(16-18)24(31)21-14-20(17-9-11-19(33-5)12-10-17)27-23-15-22(26(2,3)4)28-30(21)23/h9-12,14-15,18H,6-8,13,16H2,1-5H3. The molecule has 4 rings (SSSR count). The number of nitrogens with zero attached hydrogens (tertiary/aromatic N) is 4. The highest BCUT2D eigenvalue weighted by molar-refractivity contribution is 5.94. The number of likely N-dealkylation sites (tertiary alicyclic amines) is 1. The number of methoxy groups -OCH3 is 1. The molecule has 8 nitrogen and oxygen atoms in total. The molecule has 1 fully saturated rings. The molecule has 0 saturated carbocycles. The van der Waals surface area contributed by atoms with Crippen molar-refractivity contribution in [3.05, 3.63) is 47.8 Å². The topological polar surface area (TPSA) is 86.0 Å². The molecule has 1 amide bonds. The predicted molar refractivity (Wildman–Crippen MR) is 129 cm³/mol. The van der Waals surface area contributed by atoms with Gasteiger partial charge in [0.1, 0.15) is 11.4 Å². The first-order valence-corrected chi connectivity index (χ1v) is 11.7. The molecule has 1 aliphatic rings. The van der Waals surface area contributed by atoms with Crippen LogP contribution in [-0.4, -0.2) is 58.2 Å². The summed E-state index contributed by atoms with van der Waals surface area (Å²) in [6.45, 7) is 9.29. The first-order valence-electron chi connectivity index (χ1n) is 11.7. The molecule has 0 spiro atoms. The number of benzene rings is 1. The van der Waals surface area contributed by atoms with E-state index in [0.29, 0.717) is 36.7 Å². The lowest BCUT2D eigenvalue weighted by molar-refractivity contribution is -0.149. The molecule has 1 aliphatic heterocycles. The first-order chi connectivity index (χ1) is 16.2. The van der Waals surface area contributed by atoms with Gasteiger partial charge in [-0.25, -0.2) is 9.50 Å². The Bertz CT molecular complexity index is 1190. The molecular weight excluding hydrogens is 432 g/mol. The van der Waals surface area contributed by atoms with Gasteiger partial charge in [-0.1, -0.05) is 20.8 Å². The van der Waals surface area contributed by atoms with Crippen LogP contribution in [0.5, 0.6) is 5.75 Å². The monoisotopic (exact) mass is 464 g/mol. The Balaban J connectivity index is 1.76. The average Bonchev–Trinajstić information content (AvgIpc) is 3.28. The van der Waals surface area contributed by atoms with E-state index >= 15 is 0 Å². The normalized spacial score (nSPS) is 16.5. The SMILES string of the molecule is CCOC(=O)C1CCCN(C(=O)c2cc(-c3ccc(OC)cc3)nc3cc(C(C)(C)C)nn23)C1. The number of piperidine rings is 1. The van der Waals surface area contributed by atoms with E-state index in [-0.39, 0.29) is 23.2 Å². The van der Waals surface area contributed by atoms with Crippen molar-refractivity contribution in [1.29, 1.82) is 0 Å². The Morgan fingerprint density at radius 1 is 1.15 bits per heavy atom. The highest BCUT2D eigenvalue weighted by Crippen LogP contribution is 2.28. The number of carbonyl (C=O) groups is 2. The van der Waals surface area contributed by atoms with Crippen molar-refractivity contribution < 1.29 is 19.1 Å². The van der Waals surface area contributed by atoms with Crippen LogP contribution in [0.1, 0.15) is 56.7 Å². The number of hydrogen-bond acceptors (Lipinski definition) is 6. The van der Waals surface area contributed by atoms with E-state index < -0.39 is 0 Å². The van der Waals surface area contributed by atoms with Gasteiger partial charge >= 0.3 is 5.97 Å². The summed E-state index contributed by atoms with van der Waals surface area (Å²) in [7, 11) is 1.62. The molecule has 0 aliphatic carbocycles. The summed E-state index contributed by atoms with van der Waals surface area (Å²) in [6.07, 6.45) is 1.47. The fourth-order valence-corrected chi connectivity index (χ4v) is 4.18. The number of esters is 1. The predicted octanol–water partition coefficient (Wildman–Crippen LogP) is 4.12. The molecular formula is C26H32N4O4. The molecule has 1 unspecified atom stereocenters. The number of aromatic nitrogens is 3. The zero-order valence-electron chi connectivity index (χ0n) is 20.5. The largest absolute Gasteiger partial charge is 0.497 e. The van der Waals surface area contributed by atoms with E-state index in [1.54, 1.807) is 29.5 Å². The van der Waals surface area contributed by atoms with E-state index in [9.17, 15) is 9.59 Å². The molecule has 2 aromatic heterocycles. The molecule has 0 bridgehead atoms. The molecule has 180 valence electrons. The molecule has 1 saturated heterocycles. The quantitative estimate of drug-likeness (QED) is 0.528. The van der Waals surface area contributed by atoms with Gasteiger partial charge in [-0.3, -0.25) is 9.59 Å². The second-order valence-electron chi connectivity index (χ2n) is 9.65. The van der Waals surface area contributed by atoms with Crippen LogP contribution in [0.3, 0.4) is 0 Å². The number of carbonyl (C=O) groups excluding carboxylic acids is 2. The maximum atomic E-state index is 13.7. The van der Waals surface area contributed by atoms with Crippen LogP contribution in [0.4, 0.5) is 0 Å². The lowest BCUT2D eigenvalue weighted by Gasteiger charge is -2.31. The summed E-state index contributed by atoms with van der Waals surface area (Å²) >= 11 is 0. The number of fused-ring (bicyclic) bond motifs is 1. The Hall–Kier alpha value is -3.42. The highest BCUT2D eigenvalue weighted by Gasteiger charge is 2.31. The molecule has 1 aromatic carbocycles. The van der Waals surface area contributed by atoms with E-state index in [0.717, 1.165) is 29.8 Å². The van der Waals surface area contributed by atoms with Crippen LogP contribution in [0.25, 0.3) is 16.9 Å². The van der Waals surface area contributed by atoms with Crippen molar-refractivity contribution in [3.63, 3.8) is 0 Å². The van der Waals surface area contributed by atoms with Crippen LogP contribution < -0.4 is 4.74 Å². The Morgan fingerprint density at radius 2 is 1.88 bits per heavy atom. The van der Waals surface area contributed by atoms with Crippen molar-refractivity contribution >= 4 is 17.5 Å². The zero-order valence-corrected chi connectivity index (χ0v) is 20.5. The first kappa shape index (κ1) is 23.7.